The molecule has 142 valence electrons. The van der Waals surface area contributed by atoms with Gasteiger partial charge in [0.05, 0.1) is 5.92 Å². The number of aromatic nitrogens is 1. The Labute approximate surface area is 160 Å². The van der Waals surface area contributed by atoms with Crippen LogP contribution in [0.25, 0.3) is 0 Å². The summed E-state index contributed by atoms with van der Waals surface area (Å²) < 4.78 is 0. The number of anilines is 1. The summed E-state index contributed by atoms with van der Waals surface area (Å²) in [5.41, 5.74) is 0. The standard InChI is InChI=1S/C20H30N4OS/c25-19-16-6-7-17(24(19)11-15-4-3-5-15)13-22(12-16)14-18-10-21-20(26-18)23-8-1-2-9-23/h10,15-17H,1-9,11-14H2/t16-,17+/m0/s1. The Bertz CT molecular complexity index is 652. The van der Waals surface area contributed by atoms with Gasteiger partial charge in [-0.3, -0.25) is 9.69 Å². The number of carbonyl (C=O) groups excluding carboxylic acids is 1. The maximum Gasteiger partial charge on any atom is 0.227 e. The summed E-state index contributed by atoms with van der Waals surface area (Å²) in [5.74, 6) is 1.44. The van der Waals surface area contributed by atoms with Crippen LogP contribution in [0.3, 0.4) is 0 Å². The first-order chi connectivity index (χ1) is 12.8. The van der Waals surface area contributed by atoms with E-state index in [0.717, 1.165) is 51.6 Å². The molecule has 4 aliphatic heterocycles. The molecule has 5 fully saturated rings. The molecule has 2 atom stereocenters. The van der Waals surface area contributed by atoms with Crippen LogP contribution in [0.5, 0.6) is 0 Å². The van der Waals surface area contributed by atoms with Gasteiger partial charge in [-0.15, -0.1) is 11.3 Å². The van der Waals surface area contributed by atoms with Crippen LogP contribution in [0, 0.1) is 11.8 Å². The van der Waals surface area contributed by atoms with Gasteiger partial charge in [0.15, 0.2) is 5.13 Å². The summed E-state index contributed by atoms with van der Waals surface area (Å²) in [4.78, 5) is 26.2. The molecule has 4 saturated heterocycles. The van der Waals surface area contributed by atoms with Gasteiger partial charge >= 0.3 is 0 Å². The van der Waals surface area contributed by atoms with Crippen LogP contribution in [0.15, 0.2) is 6.20 Å². The van der Waals surface area contributed by atoms with E-state index in [4.69, 9.17) is 0 Å². The molecule has 0 spiro atoms. The van der Waals surface area contributed by atoms with Gasteiger partial charge in [-0.1, -0.05) is 6.42 Å². The molecule has 5 aliphatic rings. The van der Waals surface area contributed by atoms with Gasteiger partial charge in [-0.2, -0.15) is 0 Å². The quantitative estimate of drug-likeness (QED) is 0.794. The van der Waals surface area contributed by atoms with Gasteiger partial charge in [0.2, 0.25) is 5.91 Å². The lowest BCUT2D eigenvalue weighted by atomic mass is 9.83. The van der Waals surface area contributed by atoms with Crippen LogP contribution in [0.1, 0.15) is 49.8 Å². The Morgan fingerprint density at radius 2 is 1.92 bits per heavy atom. The minimum absolute atomic E-state index is 0.222. The van der Waals surface area contributed by atoms with Crippen LogP contribution in [0.4, 0.5) is 5.13 Å². The molecule has 1 aromatic rings. The fourth-order valence-electron chi connectivity index (χ4n) is 5.10. The zero-order chi connectivity index (χ0) is 17.5. The minimum atomic E-state index is 0.222. The van der Waals surface area contributed by atoms with Gasteiger partial charge < -0.3 is 9.80 Å². The number of piperidine rings is 1. The van der Waals surface area contributed by atoms with Crippen LogP contribution >= 0.6 is 11.3 Å². The fourth-order valence-corrected chi connectivity index (χ4v) is 6.10. The monoisotopic (exact) mass is 374 g/mol. The van der Waals surface area contributed by atoms with Crippen LogP contribution in [-0.4, -0.2) is 59.5 Å². The first-order valence-electron chi connectivity index (χ1n) is 10.5. The van der Waals surface area contributed by atoms with E-state index in [0.29, 0.717) is 11.9 Å². The van der Waals surface area contributed by atoms with Crippen LogP contribution < -0.4 is 4.90 Å². The summed E-state index contributed by atoms with van der Waals surface area (Å²) in [5, 5.41) is 1.19. The Morgan fingerprint density at radius 1 is 1.08 bits per heavy atom. The summed E-state index contributed by atoms with van der Waals surface area (Å²) in [7, 11) is 0. The molecule has 1 amide bonds. The van der Waals surface area contributed by atoms with E-state index >= 15 is 0 Å². The Balaban J connectivity index is 1.25. The highest BCUT2D eigenvalue weighted by Crippen LogP contribution is 2.35. The third-order valence-electron chi connectivity index (χ3n) is 6.85. The van der Waals surface area contributed by atoms with Crippen molar-refractivity contribution in [2.75, 3.05) is 37.6 Å². The van der Waals surface area contributed by atoms with Gasteiger partial charge in [0.25, 0.3) is 0 Å². The average Bonchev–Trinajstić information content (AvgIpc) is 3.21. The van der Waals surface area contributed by atoms with Crippen molar-refractivity contribution in [1.29, 1.82) is 0 Å². The van der Waals surface area contributed by atoms with Crippen molar-refractivity contribution in [2.45, 2.75) is 57.5 Å². The van der Waals surface area contributed by atoms with Crippen molar-refractivity contribution < 1.29 is 4.79 Å². The Kier molecular flexibility index (Phi) is 4.65. The van der Waals surface area contributed by atoms with Gasteiger partial charge in [0, 0.05) is 56.4 Å². The molecule has 0 unspecified atom stereocenters. The first kappa shape index (κ1) is 17.0. The maximum atomic E-state index is 12.9. The molecule has 0 N–H and O–H groups in total. The summed E-state index contributed by atoms with van der Waals surface area (Å²) in [6, 6.07) is 0.438. The molecule has 1 aromatic heterocycles. The van der Waals surface area contributed by atoms with E-state index in [2.05, 4.69) is 25.9 Å². The van der Waals surface area contributed by atoms with E-state index in [-0.39, 0.29) is 5.92 Å². The van der Waals surface area contributed by atoms with E-state index in [1.165, 1.54) is 48.5 Å². The lowest BCUT2D eigenvalue weighted by molar-refractivity contribution is -0.141. The van der Waals surface area contributed by atoms with E-state index < -0.39 is 0 Å². The molecule has 6 heteroatoms. The van der Waals surface area contributed by atoms with Gasteiger partial charge in [-0.05, 0) is 44.4 Å². The molecule has 0 aromatic carbocycles. The molecule has 5 heterocycles. The molecule has 6 rings (SSSR count). The first-order valence-corrected chi connectivity index (χ1v) is 11.3. The average molecular weight is 375 g/mol. The molecule has 1 aliphatic carbocycles. The van der Waals surface area contributed by atoms with E-state index in [9.17, 15) is 4.79 Å². The number of hydrogen-bond acceptors (Lipinski definition) is 5. The van der Waals surface area contributed by atoms with E-state index in [1.54, 1.807) is 0 Å². The molecular weight excluding hydrogens is 344 g/mol. The summed E-state index contributed by atoms with van der Waals surface area (Å²) in [6.07, 6.45) is 10.9. The lowest BCUT2D eigenvalue weighted by Crippen LogP contribution is -2.50. The third kappa shape index (κ3) is 3.26. The number of hydrogen-bond donors (Lipinski definition) is 0. The number of rotatable bonds is 5. The van der Waals surface area contributed by atoms with Crippen molar-refractivity contribution in [3.63, 3.8) is 0 Å². The highest BCUT2D eigenvalue weighted by molar-refractivity contribution is 7.15. The predicted molar refractivity (Wildman–Crippen MR) is 104 cm³/mol. The van der Waals surface area contributed by atoms with Crippen LogP contribution in [0.2, 0.25) is 0 Å². The normalized spacial score (nSPS) is 30.1. The number of nitrogens with zero attached hydrogens (tertiary/aromatic N) is 4. The smallest absolute Gasteiger partial charge is 0.227 e. The maximum absolute atomic E-state index is 12.9. The second-order valence-corrected chi connectivity index (χ2v) is 9.81. The van der Waals surface area contributed by atoms with E-state index in [1.807, 2.05) is 11.3 Å². The molecule has 5 nitrogen and oxygen atoms in total. The van der Waals surface area contributed by atoms with Gasteiger partial charge in [0.1, 0.15) is 0 Å². The summed E-state index contributed by atoms with van der Waals surface area (Å²) in [6.45, 7) is 6.28. The third-order valence-corrected chi connectivity index (χ3v) is 7.89. The topological polar surface area (TPSA) is 39.7 Å². The SMILES string of the molecule is O=C1[C@H]2CC[C@H](CN(Cc3cnc(N4CCCC4)s3)C2)N1CC1CCC1. The van der Waals surface area contributed by atoms with Crippen molar-refractivity contribution in [3.05, 3.63) is 11.1 Å². The molecule has 26 heavy (non-hydrogen) atoms. The fraction of sp³-hybridized carbons (Fsp3) is 0.800. The number of amides is 1. The zero-order valence-corrected chi connectivity index (χ0v) is 16.4. The molecule has 2 bridgehead atoms. The van der Waals surface area contributed by atoms with Crippen molar-refractivity contribution >= 4 is 22.4 Å². The number of thiazole rings is 1. The molecule has 1 saturated carbocycles. The minimum Gasteiger partial charge on any atom is -0.348 e. The lowest BCUT2D eigenvalue weighted by Gasteiger charge is -2.40. The second kappa shape index (κ2) is 7.12. The summed E-state index contributed by atoms with van der Waals surface area (Å²) >= 11 is 1.85. The number of carbonyl (C=O) groups is 1. The van der Waals surface area contributed by atoms with Gasteiger partial charge in [-0.25, -0.2) is 4.98 Å². The zero-order valence-electron chi connectivity index (χ0n) is 15.6. The highest BCUT2D eigenvalue weighted by atomic mass is 32.1. The van der Waals surface area contributed by atoms with Crippen molar-refractivity contribution in [2.24, 2.45) is 11.8 Å². The molecular formula is C20H30N4OS. The second-order valence-electron chi connectivity index (χ2n) is 8.71. The highest BCUT2D eigenvalue weighted by Gasteiger charge is 2.41. The van der Waals surface area contributed by atoms with Crippen molar-refractivity contribution in [1.82, 2.24) is 14.8 Å². The predicted octanol–water partition coefficient (Wildman–Crippen LogP) is 2.97. The molecule has 0 radical (unpaired) electrons. The Hall–Kier alpha value is -1.14. The number of fused-ring (bicyclic) bond motifs is 4. The van der Waals surface area contributed by atoms with Crippen LogP contribution in [-0.2, 0) is 11.3 Å². The largest absolute Gasteiger partial charge is 0.348 e. The van der Waals surface area contributed by atoms with Crippen molar-refractivity contribution in [3.8, 4) is 0 Å². The Morgan fingerprint density at radius 3 is 2.69 bits per heavy atom.